The SMILES string of the molecule is CN1CCN(c2cccc3c2CCN(C(=O)[C@H]2CC(c4cccc(Cl)c4F)=NO2)[C@H]3C(=O)Nc2ccc(C(=O)O)cc2)C(=O)C1. The summed E-state index contributed by atoms with van der Waals surface area (Å²) in [7, 11) is 1.88. The van der Waals surface area contributed by atoms with Crippen LogP contribution in [0.2, 0.25) is 5.02 Å². The molecule has 0 spiro atoms. The van der Waals surface area contributed by atoms with Gasteiger partial charge in [0, 0.05) is 43.0 Å². The van der Waals surface area contributed by atoms with Gasteiger partial charge in [-0.3, -0.25) is 19.3 Å². The number of likely N-dealkylation sites (N-methyl/N-ethyl adjacent to an activating group) is 1. The van der Waals surface area contributed by atoms with Crippen LogP contribution < -0.4 is 10.2 Å². The molecule has 0 saturated carbocycles. The van der Waals surface area contributed by atoms with Crippen molar-refractivity contribution >= 4 is 52.4 Å². The number of rotatable bonds is 6. The molecule has 1 saturated heterocycles. The molecule has 0 unspecified atom stereocenters. The number of carboxylic acids is 1. The van der Waals surface area contributed by atoms with Crippen molar-refractivity contribution in [2.24, 2.45) is 5.16 Å². The second-order valence-corrected chi connectivity index (χ2v) is 11.5. The van der Waals surface area contributed by atoms with E-state index in [1.165, 1.54) is 41.3 Å². The Labute approximate surface area is 262 Å². The number of hydrogen-bond acceptors (Lipinski definition) is 7. The van der Waals surface area contributed by atoms with Gasteiger partial charge in [-0.1, -0.05) is 35.0 Å². The standard InChI is InChI=1S/C32H29ClFN5O6/c1-37-14-15-38(27(40)17-37)25-7-3-4-21-20(25)12-13-39(29(21)30(41)35-19-10-8-18(9-11-19)32(43)44)31(42)26-16-24(36-45-26)22-5-2-6-23(33)28(22)34/h2-11,26,29H,12-17H2,1H3,(H,35,41)(H,43,44)/t26-,29-/m1/s1. The highest BCUT2D eigenvalue weighted by atomic mass is 35.5. The Balaban J connectivity index is 1.32. The molecular formula is C32H29ClFN5O6. The zero-order valence-corrected chi connectivity index (χ0v) is 25.0. The first-order valence-corrected chi connectivity index (χ1v) is 14.7. The first kappa shape index (κ1) is 30.2. The first-order chi connectivity index (χ1) is 21.6. The number of anilines is 2. The lowest BCUT2D eigenvalue weighted by molar-refractivity contribution is -0.148. The van der Waals surface area contributed by atoms with Crippen molar-refractivity contribution in [1.82, 2.24) is 9.80 Å². The van der Waals surface area contributed by atoms with Crippen molar-refractivity contribution in [1.29, 1.82) is 0 Å². The molecule has 3 aliphatic heterocycles. The number of carbonyl (C=O) groups is 4. The Kier molecular flexibility index (Phi) is 8.26. The quantitative estimate of drug-likeness (QED) is 0.423. The van der Waals surface area contributed by atoms with Crippen molar-refractivity contribution in [2.45, 2.75) is 25.0 Å². The van der Waals surface area contributed by atoms with E-state index in [0.29, 0.717) is 36.4 Å². The summed E-state index contributed by atoms with van der Waals surface area (Å²) in [4.78, 5) is 62.8. The topological polar surface area (TPSA) is 132 Å². The lowest BCUT2D eigenvalue weighted by Gasteiger charge is -2.40. The molecule has 45 heavy (non-hydrogen) atoms. The van der Waals surface area contributed by atoms with E-state index in [1.807, 2.05) is 18.0 Å². The van der Waals surface area contributed by atoms with Crippen LogP contribution in [-0.4, -0.2) is 83.6 Å². The van der Waals surface area contributed by atoms with Gasteiger partial charge in [0.15, 0.2) is 5.82 Å². The molecule has 2 atom stereocenters. The Hall–Kier alpha value is -4.81. The summed E-state index contributed by atoms with van der Waals surface area (Å²) in [5.41, 5.74) is 2.78. The largest absolute Gasteiger partial charge is 0.478 e. The van der Waals surface area contributed by atoms with Crippen molar-refractivity contribution in [3.63, 3.8) is 0 Å². The zero-order chi connectivity index (χ0) is 31.8. The number of nitrogens with one attached hydrogen (secondary N) is 1. The van der Waals surface area contributed by atoms with Crippen LogP contribution in [0.25, 0.3) is 0 Å². The third-order valence-corrected chi connectivity index (χ3v) is 8.53. The van der Waals surface area contributed by atoms with Crippen LogP contribution >= 0.6 is 11.6 Å². The Bertz CT molecular complexity index is 1730. The molecule has 2 N–H and O–H groups in total. The predicted molar refractivity (Wildman–Crippen MR) is 164 cm³/mol. The summed E-state index contributed by atoms with van der Waals surface area (Å²) in [5.74, 6) is -2.88. The van der Waals surface area contributed by atoms with Crippen molar-refractivity contribution in [3.8, 4) is 0 Å². The van der Waals surface area contributed by atoms with Crippen LogP contribution in [0.15, 0.2) is 65.8 Å². The van der Waals surface area contributed by atoms with Gasteiger partial charge in [-0.15, -0.1) is 0 Å². The monoisotopic (exact) mass is 633 g/mol. The van der Waals surface area contributed by atoms with Crippen LogP contribution in [0.3, 0.4) is 0 Å². The number of carboxylic acid groups (broad SMARTS) is 1. The fourth-order valence-electron chi connectivity index (χ4n) is 5.96. The highest BCUT2D eigenvalue weighted by Crippen LogP contribution is 2.38. The molecule has 3 aliphatic rings. The second-order valence-electron chi connectivity index (χ2n) is 11.1. The lowest BCUT2D eigenvalue weighted by atomic mass is 9.89. The van der Waals surface area contributed by atoms with Gasteiger partial charge in [-0.05, 0) is 67.1 Å². The Morgan fingerprint density at radius 1 is 1.04 bits per heavy atom. The van der Waals surface area contributed by atoms with E-state index in [-0.39, 0.29) is 47.3 Å². The van der Waals surface area contributed by atoms with Crippen LogP contribution in [0, 0.1) is 5.82 Å². The maximum absolute atomic E-state index is 14.7. The molecule has 0 radical (unpaired) electrons. The van der Waals surface area contributed by atoms with E-state index in [9.17, 15) is 28.7 Å². The summed E-state index contributed by atoms with van der Waals surface area (Å²) in [6.45, 7) is 1.57. The summed E-state index contributed by atoms with van der Waals surface area (Å²) in [5, 5.41) is 15.9. The van der Waals surface area contributed by atoms with E-state index in [1.54, 1.807) is 23.1 Å². The van der Waals surface area contributed by atoms with E-state index >= 15 is 0 Å². The van der Waals surface area contributed by atoms with Gasteiger partial charge in [-0.2, -0.15) is 0 Å². The van der Waals surface area contributed by atoms with E-state index < -0.39 is 35.7 Å². The van der Waals surface area contributed by atoms with Crippen LogP contribution in [0.1, 0.15) is 39.5 Å². The Morgan fingerprint density at radius 3 is 2.53 bits per heavy atom. The van der Waals surface area contributed by atoms with Gasteiger partial charge >= 0.3 is 5.97 Å². The smallest absolute Gasteiger partial charge is 0.335 e. The molecule has 3 amide bonds. The fourth-order valence-corrected chi connectivity index (χ4v) is 6.13. The maximum Gasteiger partial charge on any atom is 0.335 e. The van der Waals surface area contributed by atoms with Gasteiger partial charge < -0.3 is 25.1 Å². The molecule has 232 valence electrons. The normalized spacial score (nSPS) is 19.9. The number of amides is 3. The highest BCUT2D eigenvalue weighted by molar-refractivity contribution is 6.31. The molecule has 13 heteroatoms. The van der Waals surface area contributed by atoms with E-state index in [4.69, 9.17) is 16.4 Å². The first-order valence-electron chi connectivity index (χ1n) is 14.3. The summed E-state index contributed by atoms with van der Waals surface area (Å²) >= 11 is 5.94. The van der Waals surface area contributed by atoms with Crippen LogP contribution in [0.4, 0.5) is 15.8 Å². The van der Waals surface area contributed by atoms with Crippen molar-refractivity contribution in [3.05, 3.63) is 93.8 Å². The number of benzene rings is 3. The predicted octanol–water partition coefficient (Wildman–Crippen LogP) is 3.71. The fraction of sp³-hybridized carbons (Fsp3) is 0.281. The molecule has 6 rings (SSSR count). The summed E-state index contributed by atoms with van der Waals surface area (Å²) < 4.78 is 14.7. The zero-order valence-electron chi connectivity index (χ0n) is 24.2. The second kappa shape index (κ2) is 12.3. The van der Waals surface area contributed by atoms with Crippen LogP contribution in [0.5, 0.6) is 0 Å². The molecule has 0 bridgehead atoms. The molecule has 11 nitrogen and oxygen atoms in total. The number of piperazine rings is 1. The summed E-state index contributed by atoms with van der Waals surface area (Å²) in [6.07, 6.45) is -0.759. The van der Waals surface area contributed by atoms with Gasteiger partial charge in [-0.25, -0.2) is 9.18 Å². The minimum Gasteiger partial charge on any atom is -0.478 e. The molecule has 3 aromatic carbocycles. The molecular weight excluding hydrogens is 605 g/mol. The molecule has 3 heterocycles. The number of fused-ring (bicyclic) bond motifs is 1. The molecule has 1 fully saturated rings. The van der Waals surface area contributed by atoms with E-state index in [2.05, 4.69) is 10.5 Å². The number of carbonyl (C=O) groups excluding carboxylic acids is 3. The molecule has 3 aromatic rings. The minimum atomic E-state index is -1.11. The van der Waals surface area contributed by atoms with E-state index in [0.717, 1.165) is 5.56 Å². The number of aromatic carboxylic acids is 1. The minimum absolute atomic E-state index is 0.0275. The third kappa shape index (κ3) is 5.86. The third-order valence-electron chi connectivity index (χ3n) is 8.24. The van der Waals surface area contributed by atoms with Gasteiger partial charge in [0.2, 0.25) is 12.0 Å². The number of nitrogens with zero attached hydrogens (tertiary/aromatic N) is 4. The van der Waals surface area contributed by atoms with Crippen molar-refractivity contribution in [2.75, 3.05) is 43.4 Å². The maximum atomic E-state index is 14.7. The lowest BCUT2D eigenvalue weighted by Crippen LogP contribution is -2.51. The van der Waals surface area contributed by atoms with Gasteiger partial charge in [0.05, 0.1) is 22.8 Å². The number of hydrogen-bond donors (Lipinski definition) is 2. The average Bonchev–Trinajstić information content (AvgIpc) is 3.51. The number of halogens is 2. The Morgan fingerprint density at radius 2 is 1.80 bits per heavy atom. The van der Waals surface area contributed by atoms with Gasteiger partial charge in [0.1, 0.15) is 6.04 Å². The summed E-state index contributed by atoms with van der Waals surface area (Å²) in [6, 6.07) is 14.4. The highest BCUT2D eigenvalue weighted by Gasteiger charge is 2.43. The van der Waals surface area contributed by atoms with Crippen molar-refractivity contribution < 1.29 is 33.5 Å². The number of oxime groups is 1. The van der Waals surface area contributed by atoms with Gasteiger partial charge in [0.25, 0.3) is 11.8 Å². The molecule has 0 aliphatic carbocycles. The molecule has 0 aromatic heterocycles. The average molecular weight is 634 g/mol. The van der Waals surface area contributed by atoms with Crippen LogP contribution in [-0.2, 0) is 25.6 Å².